The second-order valence-electron chi connectivity index (χ2n) is 6.61. The van der Waals surface area contributed by atoms with E-state index in [4.69, 9.17) is 23.2 Å². The Morgan fingerprint density at radius 3 is 2.74 bits per heavy atom. The third-order valence-electron chi connectivity index (χ3n) is 4.98. The number of hydrogen-bond donors (Lipinski definition) is 0. The Labute approximate surface area is 145 Å². The molecule has 2 bridgehead atoms. The summed E-state index contributed by atoms with van der Waals surface area (Å²) >= 11 is 12.5. The molecule has 4 rings (SSSR count). The van der Waals surface area contributed by atoms with Gasteiger partial charge in [0.15, 0.2) is 0 Å². The molecule has 0 aliphatic carbocycles. The molecule has 0 unspecified atom stereocenters. The van der Waals surface area contributed by atoms with Crippen LogP contribution in [0.1, 0.15) is 23.6 Å². The molecular weight excluding hydrogens is 331 g/mol. The molecule has 0 radical (unpaired) electrons. The third kappa shape index (κ3) is 2.82. The topological polar surface area (TPSA) is 25.2 Å². The molecule has 2 aromatic rings. The van der Waals surface area contributed by atoms with Crippen molar-refractivity contribution >= 4 is 23.2 Å². The van der Waals surface area contributed by atoms with Gasteiger partial charge in [0.1, 0.15) is 0 Å². The predicted octanol–water partition coefficient (Wildman–Crippen LogP) is 3.77. The quantitative estimate of drug-likeness (QED) is 0.825. The normalized spacial score (nSPS) is 23.6. The molecule has 2 aliphatic heterocycles. The second kappa shape index (κ2) is 5.97. The maximum absolute atomic E-state index is 12.1. The van der Waals surface area contributed by atoms with Crippen molar-refractivity contribution in [1.29, 1.82) is 0 Å². The van der Waals surface area contributed by atoms with Crippen LogP contribution < -0.4 is 5.56 Å². The van der Waals surface area contributed by atoms with Crippen molar-refractivity contribution in [1.82, 2.24) is 9.47 Å². The maximum Gasteiger partial charge on any atom is 0.250 e. The van der Waals surface area contributed by atoms with Crippen LogP contribution in [0.2, 0.25) is 10.0 Å². The molecule has 0 spiro atoms. The third-order valence-corrected chi connectivity index (χ3v) is 5.84. The van der Waals surface area contributed by atoms with Crippen LogP contribution in [-0.2, 0) is 13.1 Å². The lowest BCUT2D eigenvalue weighted by Crippen LogP contribution is -2.46. The minimum atomic E-state index is 0.128. The summed E-state index contributed by atoms with van der Waals surface area (Å²) in [6.07, 6.45) is 1.17. The molecule has 1 aromatic carbocycles. The van der Waals surface area contributed by atoms with Gasteiger partial charge in [-0.3, -0.25) is 9.69 Å². The van der Waals surface area contributed by atoms with Crippen molar-refractivity contribution < 1.29 is 0 Å². The van der Waals surface area contributed by atoms with Crippen molar-refractivity contribution in [3.63, 3.8) is 0 Å². The number of benzene rings is 1. The van der Waals surface area contributed by atoms with Gasteiger partial charge < -0.3 is 4.57 Å². The monoisotopic (exact) mass is 348 g/mol. The van der Waals surface area contributed by atoms with E-state index >= 15 is 0 Å². The number of halogens is 2. The molecule has 0 saturated carbocycles. The van der Waals surface area contributed by atoms with Gasteiger partial charge in [-0.2, -0.15) is 0 Å². The highest BCUT2D eigenvalue weighted by Crippen LogP contribution is 2.36. The van der Waals surface area contributed by atoms with E-state index in [9.17, 15) is 4.79 Å². The standard InChI is InChI=1S/C18H18Cl2N2O/c19-15-4-1-3-13(18(15)20)10-21-8-12-7-14(11-21)16-5-2-6-17(23)22(16)9-12/h1-6,12,14H,7-11H2/t12-,14-/m0/s1. The van der Waals surface area contributed by atoms with E-state index in [1.807, 2.05) is 28.8 Å². The number of aromatic nitrogens is 1. The average Bonchev–Trinajstić information content (AvgIpc) is 2.53. The number of hydrogen-bond acceptors (Lipinski definition) is 2. The zero-order chi connectivity index (χ0) is 16.0. The summed E-state index contributed by atoms with van der Waals surface area (Å²) in [5.41, 5.74) is 2.38. The highest BCUT2D eigenvalue weighted by Gasteiger charge is 2.34. The molecule has 23 heavy (non-hydrogen) atoms. The van der Waals surface area contributed by atoms with Crippen LogP contribution >= 0.6 is 23.2 Å². The van der Waals surface area contributed by atoms with Crippen molar-refractivity contribution in [3.05, 3.63) is 68.1 Å². The van der Waals surface area contributed by atoms with Crippen molar-refractivity contribution in [2.24, 2.45) is 5.92 Å². The minimum Gasteiger partial charge on any atom is -0.312 e. The van der Waals surface area contributed by atoms with E-state index in [1.165, 1.54) is 12.1 Å². The van der Waals surface area contributed by atoms with E-state index in [1.54, 1.807) is 6.07 Å². The maximum atomic E-state index is 12.1. The summed E-state index contributed by atoms with van der Waals surface area (Å²) in [6.45, 7) is 3.59. The van der Waals surface area contributed by atoms with Crippen LogP contribution in [0, 0.1) is 5.92 Å². The van der Waals surface area contributed by atoms with E-state index < -0.39 is 0 Å². The Bertz CT molecular complexity index is 802. The molecule has 5 heteroatoms. The van der Waals surface area contributed by atoms with Crippen LogP contribution in [0.4, 0.5) is 0 Å². The van der Waals surface area contributed by atoms with E-state index in [-0.39, 0.29) is 5.56 Å². The summed E-state index contributed by atoms with van der Waals surface area (Å²) < 4.78 is 1.96. The second-order valence-corrected chi connectivity index (χ2v) is 7.39. The number of likely N-dealkylation sites (tertiary alicyclic amines) is 1. The lowest BCUT2D eigenvalue weighted by atomic mass is 9.83. The van der Waals surface area contributed by atoms with Gasteiger partial charge in [0.2, 0.25) is 0 Å². The zero-order valence-electron chi connectivity index (χ0n) is 12.7. The first-order chi connectivity index (χ1) is 11.1. The highest BCUT2D eigenvalue weighted by atomic mass is 35.5. The molecule has 1 fully saturated rings. The Hall–Kier alpha value is -1.29. The van der Waals surface area contributed by atoms with Crippen molar-refractivity contribution in [3.8, 4) is 0 Å². The number of fused-ring (bicyclic) bond motifs is 4. The Morgan fingerprint density at radius 2 is 1.87 bits per heavy atom. The Morgan fingerprint density at radius 1 is 1.04 bits per heavy atom. The SMILES string of the molecule is O=c1cccc2n1C[C@H]1C[C@H]2CN(Cc2cccc(Cl)c2Cl)C1. The summed E-state index contributed by atoms with van der Waals surface area (Å²) in [7, 11) is 0. The number of nitrogens with zero attached hydrogens (tertiary/aromatic N) is 2. The minimum absolute atomic E-state index is 0.128. The van der Waals surface area contributed by atoms with Gasteiger partial charge in [0.25, 0.3) is 5.56 Å². The van der Waals surface area contributed by atoms with E-state index in [0.29, 0.717) is 21.9 Å². The molecule has 3 nitrogen and oxygen atoms in total. The van der Waals surface area contributed by atoms with Crippen molar-refractivity contribution in [2.45, 2.75) is 25.4 Å². The zero-order valence-corrected chi connectivity index (χ0v) is 14.2. The lowest BCUT2D eigenvalue weighted by molar-refractivity contribution is 0.114. The Kier molecular flexibility index (Phi) is 3.96. The van der Waals surface area contributed by atoms with Gasteiger partial charge in [-0.1, -0.05) is 41.4 Å². The molecule has 3 heterocycles. The number of piperidine rings is 1. The molecular formula is C18H18Cl2N2O. The first kappa shape index (κ1) is 15.3. The average molecular weight is 349 g/mol. The first-order valence-corrected chi connectivity index (χ1v) is 8.72. The summed E-state index contributed by atoms with van der Waals surface area (Å²) in [5, 5.41) is 1.26. The fourth-order valence-corrected chi connectivity index (χ4v) is 4.42. The summed E-state index contributed by atoms with van der Waals surface area (Å²) in [6, 6.07) is 11.4. The van der Waals surface area contributed by atoms with Crippen LogP contribution in [0.5, 0.6) is 0 Å². The lowest BCUT2D eigenvalue weighted by Gasteiger charge is -2.42. The molecule has 2 atom stereocenters. The van der Waals surface area contributed by atoms with Crippen LogP contribution in [0.25, 0.3) is 0 Å². The van der Waals surface area contributed by atoms with Gasteiger partial charge in [-0.25, -0.2) is 0 Å². The summed E-state index contributed by atoms with van der Waals surface area (Å²) in [5.74, 6) is 0.952. The first-order valence-electron chi connectivity index (χ1n) is 7.97. The number of rotatable bonds is 2. The predicted molar refractivity (Wildman–Crippen MR) is 93.3 cm³/mol. The largest absolute Gasteiger partial charge is 0.312 e. The number of pyridine rings is 1. The molecule has 1 saturated heterocycles. The van der Waals surface area contributed by atoms with Gasteiger partial charge in [-0.05, 0) is 30.0 Å². The molecule has 0 N–H and O–H groups in total. The van der Waals surface area contributed by atoms with Gasteiger partial charge >= 0.3 is 0 Å². The van der Waals surface area contributed by atoms with E-state index in [0.717, 1.165) is 31.7 Å². The molecule has 0 amide bonds. The van der Waals surface area contributed by atoms with Crippen molar-refractivity contribution in [2.75, 3.05) is 13.1 Å². The van der Waals surface area contributed by atoms with E-state index in [2.05, 4.69) is 11.0 Å². The Balaban J connectivity index is 1.59. The molecule has 1 aromatic heterocycles. The molecule has 2 aliphatic rings. The van der Waals surface area contributed by atoms with Gasteiger partial charge in [0.05, 0.1) is 10.0 Å². The highest BCUT2D eigenvalue weighted by molar-refractivity contribution is 6.42. The van der Waals surface area contributed by atoms with Crippen LogP contribution in [0.3, 0.4) is 0 Å². The smallest absolute Gasteiger partial charge is 0.250 e. The summed E-state index contributed by atoms with van der Waals surface area (Å²) in [4.78, 5) is 14.5. The van der Waals surface area contributed by atoms with Crippen LogP contribution in [0.15, 0.2) is 41.2 Å². The van der Waals surface area contributed by atoms with Gasteiger partial charge in [0, 0.05) is 43.9 Å². The fourth-order valence-electron chi connectivity index (χ4n) is 4.04. The fraction of sp³-hybridized carbons (Fsp3) is 0.389. The van der Waals surface area contributed by atoms with Crippen LogP contribution in [-0.4, -0.2) is 22.6 Å². The molecule has 120 valence electrons. The van der Waals surface area contributed by atoms with Gasteiger partial charge in [-0.15, -0.1) is 0 Å².